The molecule has 194 valence electrons. The Kier molecular flexibility index (Phi) is 6.23. The average molecular weight is 536 g/mol. The molecule has 0 bridgehead atoms. The van der Waals surface area contributed by atoms with Gasteiger partial charge in [0.25, 0.3) is 5.91 Å². The van der Waals surface area contributed by atoms with Gasteiger partial charge in [-0.2, -0.15) is 18.4 Å². The smallest absolute Gasteiger partial charge is 0.417 e. The molecule has 13 heteroatoms. The lowest BCUT2D eigenvalue weighted by atomic mass is 9.95. The van der Waals surface area contributed by atoms with Gasteiger partial charge >= 0.3 is 6.18 Å². The lowest BCUT2D eigenvalue weighted by Gasteiger charge is -2.33. The van der Waals surface area contributed by atoms with Gasteiger partial charge in [0.1, 0.15) is 12.7 Å². The number of benzene rings is 2. The van der Waals surface area contributed by atoms with E-state index < -0.39 is 47.6 Å². The van der Waals surface area contributed by atoms with E-state index in [1.165, 1.54) is 12.1 Å². The molecule has 1 amide bonds. The van der Waals surface area contributed by atoms with Crippen LogP contribution >= 0.6 is 12.2 Å². The fraction of sp³-hybridized carbons (Fsp3) is 0.375. The molecule has 0 radical (unpaired) electrons. The van der Waals surface area contributed by atoms with E-state index in [0.29, 0.717) is 17.2 Å². The summed E-state index contributed by atoms with van der Waals surface area (Å²) in [5, 5.41) is 28.1. The van der Waals surface area contributed by atoms with E-state index in [-0.39, 0.29) is 37.0 Å². The second-order valence-corrected chi connectivity index (χ2v) is 9.15. The summed E-state index contributed by atoms with van der Waals surface area (Å²) < 4.78 is 57.8. The number of carbonyl (C=O) groups is 1. The van der Waals surface area contributed by atoms with Crippen molar-refractivity contribution in [1.29, 1.82) is 5.26 Å². The van der Waals surface area contributed by atoms with Gasteiger partial charge in [-0.05, 0) is 42.5 Å². The molecule has 3 aliphatic heterocycles. The number of aliphatic hydroxyl groups is 2. The van der Waals surface area contributed by atoms with E-state index in [1.807, 2.05) is 0 Å². The quantitative estimate of drug-likeness (QED) is 0.570. The van der Waals surface area contributed by atoms with Crippen LogP contribution in [0.1, 0.15) is 17.5 Å². The molecule has 5 rings (SSSR count). The molecule has 3 atom stereocenters. The summed E-state index contributed by atoms with van der Waals surface area (Å²) in [6, 6.07) is 9.28. The summed E-state index contributed by atoms with van der Waals surface area (Å²) in [6.07, 6.45) is -6.49. The highest BCUT2D eigenvalue weighted by Crippen LogP contribution is 2.45. The van der Waals surface area contributed by atoms with Crippen molar-refractivity contribution >= 4 is 34.6 Å². The third-order valence-corrected chi connectivity index (χ3v) is 6.95. The summed E-state index contributed by atoms with van der Waals surface area (Å²) in [6.45, 7) is -0.335. The van der Waals surface area contributed by atoms with Gasteiger partial charge < -0.3 is 29.3 Å². The van der Waals surface area contributed by atoms with Gasteiger partial charge in [-0.1, -0.05) is 0 Å². The molecule has 2 aromatic carbocycles. The minimum Gasteiger partial charge on any atom is -0.486 e. The summed E-state index contributed by atoms with van der Waals surface area (Å²) >= 11 is 5.63. The van der Waals surface area contributed by atoms with Gasteiger partial charge in [-0.25, -0.2) is 0 Å². The number of hydrogen-bond donors (Lipinski definition) is 2. The molecule has 3 heterocycles. The number of anilines is 2. The third kappa shape index (κ3) is 4.06. The zero-order valence-electron chi connectivity index (χ0n) is 19.1. The van der Waals surface area contributed by atoms with Gasteiger partial charge in [0.05, 0.1) is 36.1 Å². The fourth-order valence-corrected chi connectivity index (χ4v) is 5.15. The third-order valence-electron chi connectivity index (χ3n) is 6.58. The first-order valence-electron chi connectivity index (χ1n) is 11.2. The molecule has 2 N–H and O–H groups in total. The summed E-state index contributed by atoms with van der Waals surface area (Å²) in [5.74, 6) is 0.0627. The highest BCUT2D eigenvalue weighted by atomic mass is 32.1. The lowest BCUT2D eigenvalue weighted by Crippen LogP contribution is -2.50. The standard InChI is InChI=1S/C24H20F3N3O6S/c25-24(26,27)16-7-14(2-1-13(16)9-28)29-21(33)23(5-6-34-12-23)30(22(29)37)15-3-4-18-19(8-15)35-11-20(36-18)17(32)10-31/h1-4,7-8,17,20,31-32H,5-6,10-12H2. The van der Waals surface area contributed by atoms with Crippen LogP contribution in [-0.4, -0.2) is 65.4 Å². The molecule has 0 aliphatic carbocycles. The number of halogens is 3. The Balaban J connectivity index is 1.54. The van der Waals surface area contributed by atoms with E-state index in [0.717, 1.165) is 17.0 Å². The molecule has 3 aliphatic rings. The number of thiocarbonyl (C=S) groups is 1. The summed E-state index contributed by atoms with van der Waals surface area (Å²) in [7, 11) is 0. The van der Waals surface area contributed by atoms with Crippen molar-refractivity contribution in [3.05, 3.63) is 47.5 Å². The number of fused-ring (bicyclic) bond motifs is 1. The molecular formula is C24H20F3N3O6S. The Morgan fingerprint density at radius 1 is 1.22 bits per heavy atom. The SMILES string of the molecule is N#Cc1ccc(N2C(=O)C3(CCOC3)N(c3ccc4c(c3)OCC(C(O)CO)O4)C2=S)cc1C(F)(F)F. The molecule has 0 aromatic heterocycles. The maximum atomic E-state index is 13.7. The Morgan fingerprint density at radius 3 is 2.62 bits per heavy atom. The highest BCUT2D eigenvalue weighted by molar-refractivity contribution is 7.81. The predicted molar refractivity (Wildman–Crippen MR) is 126 cm³/mol. The molecule has 2 aromatic rings. The number of amides is 1. The molecule has 9 nitrogen and oxygen atoms in total. The van der Waals surface area contributed by atoms with Crippen molar-refractivity contribution in [2.24, 2.45) is 0 Å². The summed E-state index contributed by atoms with van der Waals surface area (Å²) in [4.78, 5) is 16.3. The van der Waals surface area contributed by atoms with Crippen LogP contribution in [-0.2, 0) is 15.7 Å². The van der Waals surface area contributed by atoms with Gasteiger partial charge in [0.15, 0.2) is 28.3 Å². The van der Waals surface area contributed by atoms with Gasteiger partial charge in [-0.15, -0.1) is 0 Å². The number of aliphatic hydroxyl groups excluding tert-OH is 2. The van der Waals surface area contributed by atoms with Crippen LogP contribution in [0, 0.1) is 11.3 Å². The van der Waals surface area contributed by atoms with E-state index in [4.69, 9.17) is 31.7 Å². The number of nitrogens with zero attached hydrogens (tertiary/aromatic N) is 3. The molecule has 3 unspecified atom stereocenters. The summed E-state index contributed by atoms with van der Waals surface area (Å²) in [5.41, 5.74) is -2.71. The highest BCUT2D eigenvalue weighted by Gasteiger charge is 2.58. The maximum absolute atomic E-state index is 13.7. The van der Waals surface area contributed by atoms with E-state index in [9.17, 15) is 28.2 Å². The first kappa shape index (κ1) is 25.2. The number of hydrogen-bond acceptors (Lipinski definition) is 8. The van der Waals surface area contributed by atoms with E-state index in [2.05, 4.69) is 0 Å². The fourth-order valence-electron chi connectivity index (χ4n) is 4.68. The Bertz CT molecular complexity index is 1310. The van der Waals surface area contributed by atoms with Crippen LogP contribution in [0.4, 0.5) is 24.5 Å². The second kappa shape index (κ2) is 9.14. The molecule has 2 fully saturated rings. The first-order valence-corrected chi connectivity index (χ1v) is 11.6. The van der Waals surface area contributed by atoms with Crippen LogP contribution in [0.25, 0.3) is 0 Å². The normalized spacial score (nSPS) is 24.1. The second-order valence-electron chi connectivity index (χ2n) is 8.78. The topological polar surface area (TPSA) is 115 Å². The van der Waals surface area contributed by atoms with Crippen LogP contribution in [0.5, 0.6) is 11.5 Å². The zero-order chi connectivity index (χ0) is 26.5. The van der Waals surface area contributed by atoms with E-state index >= 15 is 0 Å². The average Bonchev–Trinajstić information content (AvgIpc) is 3.45. The molecule has 2 saturated heterocycles. The monoisotopic (exact) mass is 535 g/mol. The Hall–Kier alpha value is -3.44. The van der Waals surface area contributed by atoms with Crippen LogP contribution in [0.3, 0.4) is 0 Å². The largest absolute Gasteiger partial charge is 0.486 e. The number of rotatable bonds is 4. The van der Waals surface area contributed by atoms with Gasteiger partial charge in [-0.3, -0.25) is 9.69 Å². The van der Waals surface area contributed by atoms with Gasteiger partial charge in [0.2, 0.25) is 0 Å². The van der Waals surface area contributed by atoms with Crippen LogP contribution in [0.15, 0.2) is 36.4 Å². The van der Waals surface area contributed by atoms with E-state index in [1.54, 1.807) is 23.1 Å². The number of ether oxygens (including phenoxy) is 3. The molecule has 0 saturated carbocycles. The molecule has 37 heavy (non-hydrogen) atoms. The minimum atomic E-state index is -4.81. The maximum Gasteiger partial charge on any atom is 0.417 e. The molecule has 1 spiro atoms. The zero-order valence-corrected chi connectivity index (χ0v) is 19.9. The number of alkyl halides is 3. The van der Waals surface area contributed by atoms with Crippen molar-refractivity contribution in [3.63, 3.8) is 0 Å². The number of nitriles is 1. The van der Waals surface area contributed by atoms with Crippen molar-refractivity contribution in [1.82, 2.24) is 0 Å². The first-order chi connectivity index (χ1) is 17.6. The molecular weight excluding hydrogens is 515 g/mol. The Labute approximate surface area is 214 Å². The predicted octanol–water partition coefficient (Wildman–Crippen LogP) is 2.37. The van der Waals surface area contributed by atoms with Gasteiger partial charge in [0, 0.05) is 24.8 Å². The van der Waals surface area contributed by atoms with Crippen molar-refractivity contribution in [2.75, 3.05) is 36.2 Å². The Morgan fingerprint density at radius 2 is 1.97 bits per heavy atom. The van der Waals surface area contributed by atoms with Crippen LogP contribution < -0.4 is 19.3 Å². The van der Waals surface area contributed by atoms with Crippen LogP contribution in [0.2, 0.25) is 0 Å². The van der Waals surface area contributed by atoms with Crippen molar-refractivity contribution in [3.8, 4) is 17.6 Å². The van der Waals surface area contributed by atoms with Crippen molar-refractivity contribution < 1.29 is 42.4 Å². The lowest BCUT2D eigenvalue weighted by molar-refractivity contribution is -0.137. The minimum absolute atomic E-state index is 0.0343. The number of carbonyl (C=O) groups excluding carboxylic acids is 1. The van der Waals surface area contributed by atoms with Crippen molar-refractivity contribution in [2.45, 2.75) is 30.3 Å².